The van der Waals surface area contributed by atoms with Crippen LogP contribution in [0.1, 0.15) is 10.6 Å². The van der Waals surface area contributed by atoms with E-state index in [9.17, 15) is 9.18 Å². The van der Waals surface area contributed by atoms with E-state index in [2.05, 4.69) is 27.2 Å². The van der Waals surface area contributed by atoms with Crippen molar-refractivity contribution in [2.45, 2.75) is 13.0 Å². The monoisotopic (exact) mass is 412 g/mol. The molecule has 1 aromatic heterocycles. The zero-order chi connectivity index (χ0) is 20.1. The maximum Gasteiger partial charge on any atom is 0.234 e. The third kappa shape index (κ3) is 5.38. The van der Waals surface area contributed by atoms with Crippen LogP contribution >= 0.6 is 11.3 Å². The van der Waals surface area contributed by atoms with Crippen molar-refractivity contribution < 1.29 is 9.18 Å². The number of benzene rings is 2. The lowest BCUT2D eigenvalue weighted by molar-refractivity contribution is -0.122. The summed E-state index contributed by atoms with van der Waals surface area (Å²) >= 11 is 1.75. The number of para-hydroxylation sites is 1. The molecule has 1 aliphatic rings. The first kappa shape index (κ1) is 19.9. The summed E-state index contributed by atoms with van der Waals surface area (Å²) in [5.74, 6) is -0.216. The first-order valence-electron chi connectivity index (χ1n) is 9.96. The van der Waals surface area contributed by atoms with Crippen LogP contribution in [0.15, 0.2) is 48.5 Å². The van der Waals surface area contributed by atoms with Crippen LogP contribution in [0.2, 0.25) is 0 Å². The molecule has 1 fully saturated rings. The molecule has 0 radical (unpaired) electrons. The number of piperazine rings is 1. The lowest BCUT2D eigenvalue weighted by Crippen LogP contribution is -2.49. The minimum atomic E-state index is -0.217. The molecular formula is C22H25FN4OS. The van der Waals surface area contributed by atoms with Crippen LogP contribution in [-0.4, -0.2) is 60.0 Å². The van der Waals surface area contributed by atoms with Crippen LogP contribution in [0.25, 0.3) is 10.2 Å². The Morgan fingerprint density at radius 3 is 2.55 bits per heavy atom. The van der Waals surface area contributed by atoms with Crippen molar-refractivity contribution in [3.63, 3.8) is 0 Å². The Balaban J connectivity index is 1.17. The predicted molar refractivity (Wildman–Crippen MR) is 114 cm³/mol. The summed E-state index contributed by atoms with van der Waals surface area (Å²) in [5.41, 5.74) is 1.70. The highest BCUT2D eigenvalue weighted by molar-refractivity contribution is 7.18. The van der Waals surface area contributed by atoms with Crippen LogP contribution in [0.3, 0.4) is 0 Å². The first-order chi connectivity index (χ1) is 14.2. The van der Waals surface area contributed by atoms with E-state index in [0.29, 0.717) is 25.1 Å². The number of amides is 1. The van der Waals surface area contributed by atoms with E-state index in [1.807, 2.05) is 18.2 Å². The van der Waals surface area contributed by atoms with E-state index in [1.54, 1.807) is 23.5 Å². The maximum atomic E-state index is 13.6. The van der Waals surface area contributed by atoms with Crippen molar-refractivity contribution in [3.05, 3.63) is 64.9 Å². The molecular weight excluding hydrogens is 387 g/mol. The molecule has 2 aromatic carbocycles. The van der Waals surface area contributed by atoms with Gasteiger partial charge in [-0.1, -0.05) is 30.3 Å². The average molecular weight is 413 g/mol. The molecule has 0 spiro atoms. The average Bonchev–Trinajstić information content (AvgIpc) is 3.13. The molecule has 152 valence electrons. The Morgan fingerprint density at radius 2 is 1.76 bits per heavy atom. The highest BCUT2D eigenvalue weighted by Gasteiger charge is 2.20. The number of rotatable bonds is 7. The van der Waals surface area contributed by atoms with E-state index >= 15 is 0 Å². The van der Waals surface area contributed by atoms with Gasteiger partial charge in [-0.2, -0.15) is 0 Å². The molecule has 1 aliphatic heterocycles. The molecule has 0 saturated carbocycles. The number of halogens is 1. The molecule has 1 N–H and O–H groups in total. The van der Waals surface area contributed by atoms with Gasteiger partial charge in [0.1, 0.15) is 10.8 Å². The fourth-order valence-electron chi connectivity index (χ4n) is 3.58. The normalized spacial score (nSPS) is 15.6. The van der Waals surface area contributed by atoms with Gasteiger partial charge < -0.3 is 5.32 Å². The highest BCUT2D eigenvalue weighted by Crippen LogP contribution is 2.22. The Bertz CT molecular complexity index is 935. The summed E-state index contributed by atoms with van der Waals surface area (Å²) in [4.78, 5) is 21.5. The third-order valence-electron chi connectivity index (χ3n) is 5.20. The zero-order valence-corrected chi connectivity index (χ0v) is 17.1. The molecule has 0 aliphatic carbocycles. The summed E-state index contributed by atoms with van der Waals surface area (Å²) < 4.78 is 14.8. The van der Waals surface area contributed by atoms with Gasteiger partial charge >= 0.3 is 0 Å². The topological polar surface area (TPSA) is 48.5 Å². The van der Waals surface area contributed by atoms with Gasteiger partial charge in [0.15, 0.2) is 0 Å². The molecule has 1 amide bonds. The smallest absolute Gasteiger partial charge is 0.234 e. The molecule has 29 heavy (non-hydrogen) atoms. The fourth-order valence-corrected chi connectivity index (χ4v) is 4.59. The van der Waals surface area contributed by atoms with Crippen LogP contribution in [0, 0.1) is 5.82 Å². The quantitative estimate of drug-likeness (QED) is 0.648. The Labute approximate surface area is 174 Å². The first-order valence-corrected chi connectivity index (χ1v) is 10.8. The van der Waals surface area contributed by atoms with Gasteiger partial charge in [0.2, 0.25) is 5.91 Å². The number of nitrogens with one attached hydrogen (secondary N) is 1. The number of hydrogen-bond acceptors (Lipinski definition) is 5. The van der Waals surface area contributed by atoms with Crippen molar-refractivity contribution in [2.24, 2.45) is 0 Å². The number of nitrogens with zero attached hydrogens (tertiary/aromatic N) is 3. The van der Waals surface area contributed by atoms with Gasteiger partial charge in [-0.25, -0.2) is 9.37 Å². The van der Waals surface area contributed by atoms with Crippen molar-refractivity contribution >= 4 is 27.5 Å². The predicted octanol–water partition coefficient (Wildman–Crippen LogP) is 2.91. The Hall–Kier alpha value is -2.35. The molecule has 3 aromatic rings. The van der Waals surface area contributed by atoms with Crippen LogP contribution in [-0.2, 0) is 17.8 Å². The molecule has 0 unspecified atom stereocenters. The van der Waals surface area contributed by atoms with Crippen molar-refractivity contribution in [3.8, 4) is 0 Å². The maximum absolute atomic E-state index is 13.6. The van der Waals surface area contributed by atoms with Gasteiger partial charge in [0.25, 0.3) is 0 Å². The van der Waals surface area contributed by atoms with Crippen molar-refractivity contribution in [1.82, 2.24) is 20.1 Å². The van der Waals surface area contributed by atoms with Crippen molar-refractivity contribution in [1.29, 1.82) is 0 Å². The minimum absolute atomic E-state index is 0.000891. The summed E-state index contributed by atoms with van der Waals surface area (Å²) in [6.07, 6.45) is 0.508. The van der Waals surface area contributed by atoms with Gasteiger partial charge in [-0.15, -0.1) is 11.3 Å². The highest BCUT2D eigenvalue weighted by atomic mass is 32.1. The molecule has 0 bridgehead atoms. The summed E-state index contributed by atoms with van der Waals surface area (Å²) in [5, 5.41) is 4.05. The number of carbonyl (C=O) groups is 1. The Kier molecular flexibility index (Phi) is 6.49. The van der Waals surface area contributed by atoms with E-state index in [-0.39, 0.29) is 11.7 Å². The van der Waals surface area contributed by atoms with E-state index in [4.69, 9.17) is 4.98 Å². The summed E-state index contributed by atoms with van der Waals surface area (Å²) in [6, 6.07) is 14.9. The van der Waals surface area contributed by atoms with Gasteiger partial charge in [-0.3, -0.25) is 14.6 Å². The second kappa shape index (κ2) is 9.43. The van der Waals surface area contributed by atoms with E-state index < -0.39 is 0 Å². The third-order valence-corrected chi connectivity index (χ3v) is 6.22. The van der Waals surface area contributed by atoms with Crippen LogP contribution in [0.5, 0.6) is 0 Å². The molecule has 5 nitrogen and oxygen atoms in total. The molecule has 7 heteroatoms. The SMILES string of the molecule is O=C(CN1CCN(Cc2nc3ccccc3s2)CC1)NCCc1ccccc1F. The van der Waals surface area contributed by atoms with Crippen LogP contribution in [0.4, 0.5) is 4.39 Å². The lowest BCUT2D eigenvalue weighted by atomic mass is 10.1. The van der Waals surface area contributed by atoms with Gasteiger partial charge in [-0.05, 0) is 30.2 Å². The standard InChI is InChI=1S/C22H25FN4OS/c23-18-6-2-1-5-17(18)9-10-24-21(28)15-26-11-13-27(14-12-26)16-22-25-19-7-3-4-8-20(19)29-22/h1-8H,9-16H2,(H,24,28). The number of hydrogen-bond donors (Lipinski definition) is 1. The van der Waals surface area contributed by atoms with Gasteiger partial charge in [0, 0.05) is 32.7 Å². The number of thiazole rings is 1. The summed E-state index contributed by atoms with van der Waals surface area (Å²) in [7, 11) is 0. The second-order valence-corrected chi connectivity index (χ2v) is 8.43. The molecule has 2 heterocycles. The number of aromatic nitrogens is 1. The lowest BCUT2D eigenvalue weighted by Gasteiger charge is -2.33. The number of carbonyl (C=O) groups excluding carboxylic acids is 1. The fraction of sp³-hybridized carbons (Fsp3) is 0.364. The zero-order valence-electron chi connectivity index (χ0n) is 16.3. The van der Waals surface area contributed by atoms with Gasteiger partial charge in [0.05, 0.1) is 23.3 Å². The molecule has 1 saturated heterocycles. The summed E-state index contributed by atoms with van der Waals surface area (Å²) in [6.45, 7) is 5.31. The van der Waals surface area contributed by atoms with E-state index in [1.165, 1.54) is 10.8 Å². The van der Waals surface area contributed by atoms with E-state index in [0.717, 1.165) is 43.2 Å². The minimum Gasteiger partial charge on any atom is -0.355 e. The second-order valence-electron chi connectivity index (χ2n) is 7.32. The Morgan fingerprint density at radius 1 is 1.03 bits per heavy atom. The molecule has 0 atom stereocenters. The molecule has 4 rings (SSSR count). The van der Waals surface area contributed by atoms with Crippen LogP contribution < -0.4 is 5.32 Å². The number of fused-ring (bicyclic) bond motifs is 1. The van der Waals surface area contributed by atoms with Crippen molar-refractivity contribution in [2.75, 3.05) is 39.3 Å². The largest absolute Gasteiger partial charge is 0.355 e.